The maximum atomic E-state index is 13.2. The van der Waals surface area contributed by atoms with Crippen LogP contribution in [0.4, 0.5) is 14.5 Å². The Balaban J connectivity index is 2.11. The van der Waals surface area contributed by atoms with Gasteiger partial charge in [0.2, 0.25) is 0 Å². The number of azo groups is 1. The van der Waals surface area contributed by atoms with E-state index in [2.05, 4.69) is 10.2 Å². The van der Waals surface area contributed by atoms with E-state index < -0.39 is 11.6 Å². The van der Waals surface area contributed by atoms with Gasteiger partial charge in [0, 0.05) is 17.7 Å². The van der Waals surface area contributed by atoms with Crippen LogP contribution in [0.1, 0.15) is 5.56 Å². The smallest absolute Gasteiger partial charge is 0.153 e. The largest absolute Gasteiger partial charge is 0.508 e. The SMILES string of the molecule is Oc1ccc(CN=Nc2ccc(F)cc2F)c(O)c1. The molecule has 0 heterocycles. The Bertz CT molecular complexity index is 630. The van der Waals surface area contributed by atoms with Gasteiger partial charge >= 0.3 is 0 Å². The quantitative estimate of drug-likeness (QED) is 0.831. The highest BCUT2D eigenvalue weighted by Gasteiger charge is 2.03. The van der Waals surface area contributed by atoms with Crippen molar-refractivity contribution in [3.05, 3.63) is 53.6 Å². The van der Waals surface area contributed by atoms with Crippen LogP contribution in [0.5, 0.6) is 11.5 Å². The molecular formula is C13H10F2N2O2. The third-order valence-corrected chi connectivity index (χ3v) is 2.40. The highest BCUT2D eigenvalue weighted by atomic mass is 19.1. The molecule has 0 aliphatic carbocycles. The van der Waals surface area contributed by atoms with Crippen LogP contribution < -0.4 is 0 Å². The van der Waals surface area contributed by atoms with E-state index in [1.807, 2.05) is 0 Å². The fraction of sp³-hybridized carbons (Fsp3) is 0.0769. The van der Waals surface area contributed by atoms with Crippen molar-refractivity contribution in [2.75, 3.05) is 0 Å². The minimum atomic E-state index is -0.807. The average Bonchev–Trinajstić information content (AvgIpc) is 2.34. The van der Waals surface area contributed by atoms with E-state index in [1.54, 1.807) is 0 Å². The van der Waals surface area contributed by atoms with Crippen LogP contribution in [0.2, 0.25) is 0 Å². The fourth-order valence-corrected chi connectivity index (χ4v) is 1.44. The lowest BCUT2D eigenvalue weighted by Crippen LogP contribution is -1.82. The second-order valence-corrected chi connectivity index (χ2v) is 3.81. The molecule has 2 aromatic carbocycles. The van der Waals surface area contributed by atoms with Crippen molar-refractivity contribution in [1.82, 2.24) is 0 Å². The summed E-state index contributed by atoms with van der Waals surface area (Å²) in [6.07, 6.45) is 0. The van der Waals surface area contributed by atoms with Gasteiger partial charge in [-0.1, -0.05) is 0 Å². The van der Waals surface area contributed by atoms with E-state index in [-0.39, 0.29) is 23.7 Å². The summed E-state index contributed by atoms with van der Waals surface area (Å²) < 4.78 is 25.9. The maximum Gasteiger partial charge on any atom is 0.153 e. The van der Waals surface area contributed by atoms with E-state index >= 15 is 0 Å². The van der Waals surface area contributed by atoms with Crippen LogP contribution in [0.15, 0.2) is 46.6 Å². The molecule has 0 saturated heterocycles. The molecule has 98 valence electrons. The summed E-state index contributed by atoms with van der Waals surface area (Å²) in [6.45, 7) is 0.0168. The van der Waals surface area contributed by atoms with Gasteiger partial charge in [0.1, 0.15) is 23.0 Å². The molecule has 0 radical (unpaired) electrons. The summed E-state index contributed by atoms with van der Waals surface area (Å²) in [7, 11) is 0. The zero-order valence-corrected chi connectivity index (χ0v) is 9.72. The molecule has 0 aliphatic rings. The van der Waals surface area contributed by atoms with Crippen LogP contribution in [0.25, 0.3) is 0 Å². The fourth-order valence-electron chi connectivity index (χ4n) is 1.44. The molecule has 0 fully saturated rings. The lowest BCUT2D eigenvalue weighted by molar-refractivity contribution is 0.446. The summed E-state index contributed by atoms with van der Waals surface area (Å²) >= 11 is 0. The number of benzene rings is 2. The standard InChI is InChI=1S/C13H10F2N2O2/c14-9-2-4-12(11(15)5-9)17-16-7-8-1-3-10(18)6-13(8)19/h1-6,18-19H,7H2. The lowest BCUT2D eigenvalue weighted by atomic mass is 10.2. The minimum Gasteiger partial charge on any atom is -0.508 e. The van der Waals surface area contributed by atoms with Crippen LogP contribution in [0.3, 0.4) is 0 Å². The van der Waals surface area contributed by atoms with Crippen molar-refractivity contribution in [2.45, 2.75) is 6.54 Å². The van der Waals surface area contributed by atoms with Crippen molar-refractivity contribution >= 4 is 5.69 Å². The van der Waals surface area contributed by atoms with Crippen molar-refractivity contribution in [2.24, 2.45) is 10.2 Å². The van der Waals surface area contributed by atoms with Crippen molar-refractivity contribution in [1.29, 1.82) is 0 Å². The van der Waals surface area contributed by atoms with Crippen LogP contribution in [-0.2, 0) is 6.54 Å². The third-order valence-electron chi connectivity index (χ3n) is 2.40. The van der Waals surface area contributed by atoms with Gasteiger partial charge in [-0.15, -0.1) is 0 Å². The first-order valence-corrected chi connectivity index (χ1v) is 5.39. The number of halogens is 2. The average molecular weight is 264 g/mol. The first-order valence-electron chi connectivity index (χ1n) is 5.39. The minimum absolute atomic E-state index is 0.0168. The molecule has 0 amide bonds. The first-order chi connectivity index (χ1) is 9.06. The monoisotopic (exact) mass is 264 g/mol. The second-order valence-electron chi connectivity index (χ2n) is 3.81. The van der Waals surface area contributed by atoms with Gasteiger partial charge in [0.15, 0.2) is 5.82 Å². The van der Waals surface area contributed by atoms with E-state index in [9.17, 15) is 13.9 Å². The topological polar surface area (TPSA) is 65.2 Å². The van der Waals surface area contributed by atoms with Gasteiger partial charge in [-0.2, -0.15) is 10.2 Å². The molecule has 0 saturated carbocycles. The summed E-state index contributed by atoms with van der Waals surface area (Å²) in [5, 5.41) is 25.9. The summed E-state index contributed by atoms with van der Waals surface area (Å²) in [5.41, 5.74) is 0.351. The predicted molar refractivity (Wildman–Crippen MR) is 64.3 cm³/mol. The molecule has 0 bridgehead atoms. The molecule has 0 unspecified atom stereocenters. The molecule has 6 heteroatoms. The van der Waals surface area contributed by atoms with E-state index in [0.717, 1.165) is 6.07 Å². The number of rotatable bonds is 3. The molecule has 0 atom stereocenters. The summed E-state index contributed by atoms with van der Waals surface area (Å²) in [4.78, 5) is 0. The third kappa shape index (κ3) is 3.25. The lowest BCUT2D eigenvalue weighted by Gasteiger charge is -2.01. The van der Waals surface area contributed by atoms with E-state index in [4.69, 9.17) is 5.11 Å². The maximum absolute atomic E-state index is 13.2. The van der Waals surface area contributed by atoms with Gasteiger partial charge in [0.25, 0.3) is 0 Å². The molecular weight excluding hydrogens is 254 g/mol. The predicted octanol–water partition coefficient (Wildman–Crippen LogP) is 3.66. The molecule has 19 heavy (non-hydrogen) atoms. The number of aromatic hydroxyl groups is 2. The zero-order chi connectivity index (χ0) is 13.8. The van der Waals surface area contributed by atoms with Crippen molar-refractivity contribution < 1.29 is 19.0 Å². The molecule has 0 spiro atoms. The number of hydrogen-bond donors (Lipinski definition) is 2. The number of nitrogens with zero attached hydrogens (tertiary/aromatic N) is 2. The Morgan fingerprint density at radius 3 is 2.47 bits per heavy atom. The Labute approximate surface area is 107 Å². The van der Waals surface area contributed by atoms with E-state index in [1.165, 1.54) is 24.3 Å². The van der Waals surface area contributed by atoms with Crippen LogP contribution in [-0.4, -0.2) is 10.2 Å². The normalized spacial score (nSPS) is 11.1. The first kappa shape index (κ1) is 12.9. The highest BCUT2D eigenvalue weighted by molar-refractivity contribution is 5.39. The number of phenolic OH excluding ortho intramolecular Hbond substituents is 2. The second kappa shape index (κ2) is 5.43. The molecule has 2 aromatic rings. The highest BCUT2D eigenvalue weighted by Crippen LogP contribution is 2.24. The van der Waals surface area contributed by atoms with E-state index in [0.29, 0.717) is 11.6 Å². The summed E-state index contributed by atoms with van der Waals surface area (Å²) in [5.74, 6) is -1.69. The Kier molecular flexibility index (Phi) is 3.70. The van der Waals surface area contributed by atoms with Crippen LogP contribution >= 0.6 is 0 Å². The van der Waals surface area contributed by atoms with Crippen molar-refractivity contribution in [3.8, 4) is 11.5 Å². The van der Waals surface area contributed by atoms with Gasteiger partial charge in [-0.3, -0.25) is 0 Å². The molecule has 2 rings (SSSR count). The van der Waals surface area contributed by atoms with Crippen molar-refractivity contribution in [3.63, 3.8) is 0 Å². The van der Waals surface area contributed by atoms with Gasteiger partial charge in [-0.25, -0.2) is 8.78 Å². The molecule has 0 aromatic heterocycles. The Hall–Kier alpha value is -2.50. The Morgan fingerprint density at radius 2 is 1.79 bits per heavy atom. The van der Waals surface area contributed by atoms with Gasteiger partial charge in [0.05, 0.1) is 6.54 Å². The van der Waals surface area contributed by atoms with Crippen LogP contribution in [0, 0.1) is 11.6 Å². The zero-order valence-electron chi connectivity index (χ0n) is 9.72. The van der Waals surface area contributed by atoms with Gasteiger partial charge in [-0.05, 0) is 24.3 Å². The number of hydrogen-bond acceptors (Lipinski definition) is 4. The molecule has 2 N–H and O–H groups in total. The summed E-state index contributed by atoms with van der Waals surface area (Å²) in [6, 6.07) is 7.00. The molecule has 4 nitrogen and oxygen atoms in total. The molecule has 0 aliphatic heterocycles. The number of phenols is 2. The Morgan fingerprint density at radius 1 is 1.00 bits per heavy atom. The van der Waals surface area contributed by atoms with Gasteiger partial charge < -0.3 is 10.2 Å².